The third-order valence-electron chi connectivity index (χ3n) is 4.07. The molecule has 2 heterocycles. The lowest BCUT2D eigenvalue weighted by Gasteiger charge is -2.37. The van der Waals surface area contributed by atoms with Crippen LogP contribution >= 0.6 is 0 Å². The summed E-state index contributed by atoms with van der Waals surface area (Å²) in [6.07, 6.45) is 2.31. The molecule has 1 fully saturated rings. The van der Waals surface area contributed by atoms with E-state index in [0.717, 1.165) is 30.2 Å². The van der Waals surface area contributed by atoms with Gasteiger partial charge in [0.1, 0.15) is 5.76 Å². The number of ether oxygens (including phenoxy) is 1. The second kappa shape index (κ2) is 6.41. The lowest BCUT2D eigenvalue weighted by atomic mass is 9.92. The van der Waals surface area contributed by atoms with Crippen LogP contribution in [0.5, 0.6) is 0 Å². The smallest absolute Gasteiger partial charge is 0.374 e. The van der Waals surface area contributed by atoms with Gasteiger partial charge in [0.05, 0.1) is 13.7 Å². The summed E-state index contributed by atoms with van der Waals surface area (Å²) in [5, 5.41) is 0. The van der Waals surface area contributed by atoms with Gasteiger partial charge in [0, 0.05) is 18.2 Å². The molecule has 1 aliphatic heterocycles. The fraction of sp³-hybridized carbons (Fsp3) is 0.667. The van der Waals surface area contributed by atoms with Crippen LogP contribution in [-0.2, 0) is 11.3 Å². The Kier molecular flexibility index (Phi) is 4.83. The van der Waals surface area contributed by atoms with Crippen LogP contribution in [0.25, 0.3) is 0 Å². The van der Waals surface area contributed by atoms with Crippen molar-refractivity contribution in [3.63, 3.8) is 0 Å². The SMILES string of the molecule is COC(=O)c1oc(CN2CCC(C)CC2CN)cc1C. The molecule has 1 aliphatic rings. The van der Waals surface area contributed by atoms with Gasteiger partial charge in [0.25, 0.3) is 0 Å². The van der Waals surface area contributed by atoms with Crippen molar-refractivity contribution in [1.29, 1.82) is 0 Å². The molecule has 112 valence electrons. The summed E-state index contributed by atoms with van der Waals surface area (Å²) in [5.41, 5.74) is 6.69. The van der Waals surface area contributed by atoms with E-state index in [1.54, 1.807) is 0 Å². The molecule has 2 N–H and O–H groups in total. The van der Waals surface area contributed by atoms with Gasteiger partial charge < -0.3 is 14.9 Å². The number of nitrogens with zero attached hydrogens (tertiary/aromatic N) is 1. The van der Waals surface area contributed by atoms with Crippen molar-refractivity contribution in [2.24, 2.45) is 11.7 Å². The maximum Gasteiger partial charge on any atom is 0.374 e. The first-order valence-corrected chi connectivity index (χ1v) is 7.16. The van der Waals surface area contributed by atoms with Crippen LogP contribution in [0.15, 0.2) is 10.5 Å². The highest BCUT2D eigenvalue weighted by atomic mass is 16.5. The lowest BCUT2D eigenvalue weighted by Crippen LogP contribution is -2.45. The number of likely N-dealkylation sites (tertiary alicyclic amines) is 1. The molecule has 0 aromatic carbocycles. The normalized spacial score (nSPS) is 23.8. The van der Waals surface area contributed by atoms with Gasteiger partial charge in [0.2, 0.25) is 5.76 Å². The van der Waals surface area contributed by atoms with Crippen LogP contribution in [-0.4, -0.2) is 37.1 Å². The van der Waals surface area contributed by atoms with Crippen molar-refractivity contribution in [2.75, 3.05) is 20.2 Å². The summed E-state index contributed by atoms with van der Waals surface area (Å²) >= 11 is 0. The molecular formula is C15H24N2O3. The molecule has 1 aromatic rings. The Balaban J connectivity index is 2.07. The maximum absolute atomic E-state index is 11.6. The van der Waals surface area contributed by atoms with Crippen LogP contribution in [0.1, 0.15) is 41.6 Å². The minimum Gasteiger partial charge on any atom is -0.463 e. The fourth-order valence-electron chi connectivity index (χ4n) is 2.88. The number of furan rings is 1. The second-order valence-electron chi connectivity index (χ2n) is 5.71. The second-order valence-corrected chi connectivity index (χ2v) is 5.71. The topological polar surface area (TPSA) is 68.7 Å². The van der Waals surface area contributed by atoms with Crippen molar-refractivity contribution in [3.05, 3.63) is 23.2 Å². The molecule has 0 aliphatic carbocycles. The Hall–Kier alpha value is -1.33. The number of carbonyl (C=O) groups excluding carboxylic acids is 1. The first-order chi connectivity index (χ1) is 9.55. The van der Waals surface area contributed by atoms with Crippen LogP contribution < -0.4 is 5.73 Å². The minimum atomic E-state index is -0.420. The number of rotatable bonds is 4. The van der Waals surface area contributed by atoms with Gasteiger partial charge in [-0.05, 0) is 38.3 Å². The predicted octanol–water partition coefficient (Wildman–Crippen LogP) is 1.93. The summed E-state index contributed by atoms with van der Waals surface area (Å²) in [4.78, 5) is 13.9. The molecule has 0 saturated carbocycles. The van der Waals surface area contributed by atoms with Crippen molar-refractivity contribution < 1.29 is 13.9 Å². The Bertz CT molecular complexity index is 470. The average molecular weight is 280 g/mol. The third-order valence-corrected chi connectivity index (χ3v) is 4.07. The number of esters is 1. The average Bonchev–Trinajstić information content (AvgIpc) is 2.80. The van der Waals surface area contributed by atoms with E-state index in [1.807, 2.05) is 13.0 Å². The van der Waals surface area contributed by atoms with E-state index in [9.17, 15) is 4.79 Å². The molecule has 0 radical (unpaired) electrons. The van der Waals surface area contributed by atoms with Crippen LogP contribution in [0, 0.1) is 12.8 Å². The first-order valence-electron chi connectivity index (χ1n) is 7.16. The summed E-state index contributed by atoms with van der Waals surface area (Å²) in [6, 6.07) is 2.31. The Labute approximate surface area is 120 Å². The summed E-state index contributed by atoms with van der Waals surface area (Å²) in [7, 11) is 1.36. The molecule has 0 amide bonds. The van der Waals surface area contributed by atoms with E-state index in [1.165, 1.54) is 13.5 Å². The van der Waals surface area contributed by atoms with E-state index in [-0.39, 0.29) is 0 Å². The molecule has 2 unspecified atom stereocenters. The van der Waals surface area contributed by atoms with E-state index in [4.69, 9.17) is 14.9 Å². The van der Waals surface area contributed by atoms with Crippen molar-refractivity contribution >= 4 is 5.97 Å². The van der Waals surface area contributed by atoms with E-state index in [0.29, 0.717) is 24.9 Å². The summed E-state index contributed by atoms with van der Waals surface area (Å²) < 4.78 is 10.3. The molecule has 5 nitrogen and oxygen atoms in total. The number of methoxy groups -OCH3 is 1. The number of aryl methyl sites for hydroxylation is 1. The van der Waals surface area contributed by atoms with Crippen LogP contribution in [0.4, 0.5) is 0 Å². The van der Waals surface area contributed by atoms with E-state index >= 15 is 0 Å². The molecule has 0 spiro atoms. The summed E-state index contributed by atoms with van der Waals surface area (Å²) in [6.45, 7) is 6.51. The largest absolute Gasteiger partial charge is 0.463 e. The lowest BCUT2D eigenvalue weighted by molar-refractivity contribution is 0.0556. The van der Waals surface area contributed by atoms with Gasteiger partial charge >= 0.3 is 5.97 Å². The highest BCUT2D eigenvalue weighted by Gasteiger charge is 2.26. The molecule has 2 atom stereocenters. The fourth-order valence-corrected chi connectivity index (χ4v) is 2.88. The van der Waals surface area contributed by atoms with Crippen LogP contribution in [0.2, 0.25) is 0 Å². The maximum atomic E-state index is 11.6. The molecular weight excluding hydrogens is 256 g/mol. The number of piperidine rings is 1. The van der Waals surface area contributed by atoms with E-state index < -0.39 is 5.97 Å². The van der Waals surface area contributed by atoms with Crippen LogP contribution in [0.3, 0.4) is 0 Å². The molecule has 5 heteroatoms. The van der Waals surface area contributed by atoms with Gasteiger partial charge in [-0.15, -0.1) is 0 Å². The van der Waals surface area contributed by atoms with Crippen molar-refractivity contribution in [1.82, 2.24) is 4.90 Å². The Morgan fingerprint density at radius 2 is 2.35 bits per heavy atom. The highest BCUT2D eigenvalue weighted by molar-refractivity contribution is 5.87. The predicted molar refractivity (Wildman–Crippen MR) is 76.4 cm³/mol. The van der Waals surface area contributed by atoms with Gasteiger partial charge in [-0.1, -0.05) is 6.92 Å². The molecule has 20 heavy (non-hydrogen) atoms. The van der Waals surface area contributed by atoms with Crippen molar-refractivity contribution in [2.45, 2.75) is 39.3 Å². The van der Waals surface area contributed by atoms with Gasteiger partial charge in [-0.25, -0.2) is 4.79 Å². The number of hydrogen-bond donors (Lipinski definition) is 1. The Morgan fingerprint density at radius 1 is 1.60 bits per heavy atom. The standard InChI is InChI=1S/C15H24N2O3/c1-10-4-5-17(12(6-10)8-16)9-13-7-11(2)14(20-13)15(18)19-3/h7,10,12H,4-6,8-9,16H2,1-3H3. The van der Waals surface area contributed by atoms with Gasteiger partial charge in [0.15, 0.2) is 0 Å². The van der Waals surface area contributed by atoms with Gasteiger partial charge in [-0.2, -0.15) is 0 Å². The number of hydrogen-bond acceptors (Lipinski definition) is 5. The zero-order chi connectivity index (χ0) is 14.7. The molecule has 2 rings (SSSR count). The number of carbonyl (C=O) groups is 1. The summed E-state index contributed by atoms with van der Waals surface area (Å²) in [5.74, 6) is 1.41. The highest BCUT2D eigenvalue weighted by Crippen LogP contribution is 2.25. The Morgan fingerprint density at radius 3 is 3.00 bits per heavy atom. The minimum absolute atomic E-state index is 0.303. The van der Waals surface area contributed by atoms with Crippen molar-refractivity contribution in [3.8, 4) is 0 Å². The monoisotopic (exact) mass is 280 g/mol. The molecule has 0 bridgehead atoms. The first kappa shape index (κ1) is 15.1. The zero-order valence-electron chi connectivity index (χ0n) is 12.5. The third kappa shape index (κ3) is 3.22. The quantitative estimate of drug-likeness (QED) is 0.854. The zero-order valence-corrected chi connectivity index (χ0v) is 12.5. The van der Waals surface area contributed by atoms with E-state index in [2.05, 4.69) is 11.8 Å². The number of nitrogens with two attached hydrogens (primary N) is 1. The molecule has 1 saturated heterocycles. The molecule has 1 aromatic heterocycles. The van der Waals surface area contributed by atoms with Gasteiger partial charge in [-0.3, -0.25) is 4.90 Å².